The number of hydrogen-bond donors (Lipinski definition) is 1. The minimum absolute atomic E-state index is 0.427. The van der Waals surface area contributed by atoms with Gasteiger partial charge in [-0.1, -0.05) is 30.3 Å². The van der Waals surface area contributed by atoms with Crippen molar-refractivity contribution in [1.29, 1.82) is 5.26 Å². The molecule has 84 valence electrons. The van der Waals surface area contributed by atoms with E-state index in [1.54, 1.807) is 0 Å². The summed E-state index contributed by atoms with van der Waals surface area (Å²) in [6.07, 6.45) is 3.41. The van der Waals surface area contributed by atoms with Crippen LogP contribution < -0.4 is 5.32 Å². The summed E-state index contributed by atoms with van der Waals surface area (Å²) in [5, 5.41) is 12.7. The van der Waals surface area contributed by atoms with E-state index in [2.05, 4.69) is 23.5 Å². The van der Waals surface area contributed by atoms with Gasteiger partial charge in [0.05, 0.1) is 6.07 Å². The molecule has 1 atom stereocenters. The smallest absolute Gasteiger partial charge is 0.107 e. The Morgan fingerprint density at radius 2 is 2.06 bits per heavy atom. The van der Waals surface area contributed by atoms with Crippen molar-refractivity contribution in [1.82, 2.24) is 5.32 Å². The van der Waals surface area contributed by atoms with Crippen LogP contribution in [0.25, 0.3) is 0 Å². The highest BCUT2D eigenvalue weighted by Crippen LogP contribution is 2.28. The molecule has 1 aliphatic rings. The molecule has 0 radical (unpaired) electrons. The van der Waals surface area contributed by atoms with E-state index in [4.69, 9.17) is 0 Å². The summed E-state index contributed by atoms with van der Waals surface area (Å²) in [7, 11) is 0. The van der Waals surface area contributed by atoms with Crippen LogP contribution in [0.4, 0.5) is 0 Å². The van der Waals surface area contributed by atoms with Gasteiger partial charge in [-0.25, -0.2) is 0 Å². The third-order valence-electron chi connectivity index (χ3n) is 3.13. The number of benzene rings is 1. The standard InChI is InChI=1S/C14H18N2/c1-14(11-15,16-10-13-7-8-13)9-12-5-3-2-4-6-12/h2-6,13,16H,7-10H2,1H3. The largest absolute Gasteiger partial charge is 0.299 e. The first-order chi connectivity index (χ1) is 7.72. The van der Waals surface area contributed by atoms with E-state index in [1.165, 1.54) is 18.4 Å². The molecule has 1 aromatic rings. The van der Waals surface area contributed by atoms with E-state index in [1.807, 2.05) is 25.1 Å². The summed E-state index contributed by atoms with van der Waals surface area (Å²) in [6.45, 7) is 2.97. The molecule has 0 amide bonds. The molecule has 0 saturated heterocycles. The van der Waals surface area contributed by atoms with Gasteiger partial charge in [0.1, 0.15) is 5.54 Å². The first-order valence-electron chi connectivity index (χ1n) is 5.92. The summed E-state index contributed by atoms with van der Waals surface area (Å²) in [6, 6.07) is 12.6. The van der Waals surface area contributed by atoms with E-state index < -0.39 is 5.54 Å². The SMILES string of the molecule is CC(C#N)(Cc1ccccc1)NCC1CC1. The average Bonchev–Trinajstić information content (AvgIpc) is 3.12. The Morgan fingerprint density at radius 3 is 2.62 bits per heavy atom. The van der Waals surface area contributed by atoms with E-state index in [-0.39, 0.29) is 0 Å². The van der Waals surface area contributed by atoms with Crippen LogP contribution in [0.1, 0.15) is 25.3 Å². The molecule has 0 heterocycles. The zero-order valence-electron chi connectivity index (χ0n) is 9.74. The molecule has 16 heavy (non-hydrogen) atoms. The average molecular weight is 214 g/mol. The van der Waals surface area contributed by atoms with Crippen molar-refractivity contribution in [3.8, 4) is 6.07 Å². The lowest BCUT2D eigenvalue weighted by Crippen LogP contribution is -2.44. The Hall–Kier alpha value is -1.33. The lowest BCUT2D eigenvalue weighted by Gasteiger charge is -2.23. The quantitative estimate of drug-likeness (QED) is 0.817. The van der Waals surface area contributed by atoms with Gasteiger partial charge >= 0.3 is 0 Å². The van der Waals surface area contributed by atoms with Crippen LogP contribution in [0.3, 0.4) is 0 Å². The molecular weight excluding hydrogens is 196 g/mol. The Balaban J connectivity index is 1.95. The second kappa shape index (κ2) is 4.67. The van der Waals surface area contributed by atoms with Crippen molar-refractivity contribution in [2.45, 2.75) is 31.7 Å². The third-order valence-corrected chi connectivity index (χ3v) is 3.13. The highest BCUT2D eigenvalue weighted by atomic mass is 15.0. The van der Waals surface area contributed by atoms with Gasteiger partial charge in [0.15, 0.2) is 0 Å². The Bertz CT molecular complexity index is 375. The Kier molecular flexibility index (Phi) is 3.26. The molecule has 1 aliphatic carbocycles. The molecule has 0 spiro atoms. The van der Waals surface area contributed by atoms with Crippen LogP contribution in [0, 0.1) is 17.2 Å². The van der Waals surface area contributed by atoms with E-state index in [0.717, 1.165) is 18.9 Å². The number of nitrogens with one attached hydrogen (secondary N) is 1. The number of hydrogen-bond acceptors (Lipinski definition) is 2. The van der Waals surface area contributed by atoms with Gasteiger partial charge in [-0.2, -0.15) is 5.26 Å². The monoisotopic (exact) mass is 214 g/mol. The van der Waals surface area contributed by atoms with Crippen LogP contribution in [0.5, 0.6) is 0 Å². The normalized spacial score (nSPS) is 18.8. The molecule has 1 aromatic carbocycles. The fourth-order valence-corrected chi connectivity index (χ4v) is 1.84. The maximum Gasteiger partial charge on any atom is 0.107 e. The van der Waals surface area contributed by atoms with Crippen molar-refractivity contribution in [3.63, 3.8) is 0 Å². The number of nitrogens with zero attached hydrogens (tertiary/aromatic N) is 1. The molecule has 0 aliphatic heterocycles. The fourth-order valence-electron chi connectivity index (χ4n) is 1.84. The van der Waals surface area contributed by atoms with Crippen LogP contribution in [0.2, 0.25) is 0 Å². The summed E-state index contributed by atoms with van der Waals surface area (Å²) in [4.78, 5) is 0. The minimum atomic E-state index is -0.427. The predicted octanol–water partition coefficient (Wildman–Crippen LogP) is 2.51. The highest BCUT2D eigenvalue weighted by Gasteiger charge is 2.28. The summed E-state index contributed by atoms with van der Waals surface area (Å²) < 4.78 is 0. The van der Waals surface area contributed by atoms with Crippen LogP contribution in [-0.2, 0) is 6.42 Å². The maximum absolute atomic E-state index is 9.27. The van der Waals surface area contributed by atoms with Crippen molar-refractivity contribution >= 4 is 0 Å². The van der Waals surface area contributed by atoms with Crippen LogP contribution in [0.15, 0.2) is 30.3 Å². The van der Waals surface area contributed by atoms with Gasteiger partial charge in [-0.3, -0.25) is 5.32 Å². The molecule has 2 heteroatoms. The fraction of sp³-hybridized carbons (Fsp3) is 0.500. The number of nitriles is 1. The Labute approximate surface area is 97.3 Å². The molecule has 1 fully saturated rings. The molecule has 1 N–H and O–H groups in total. The van der Waals surface area contributed by atoms with Crippen molar-refractivity contribution in [2.24, 2.45) is 5.92 Å². The zero-order valence-corrected chi connectivity index (χ0v) is 9.74. The topological polar surface area (TPSA) is 35.8 Å². The van der Waals surface area contributed by atoms with Gasteiger partial charge in [0.2, 0.25) is 0 Å². The van der Waals surface area contributed by atoms with Crippen molar-refractivity contribution in [2.75, 3.05) is 6.54 Å². The molecule has 0 aromatic heterocycles. The molecule has 1 saturated carbocycles. The summed E-state index contributed by atoms with van der Waals surface area (Å²) >= 11 is 0. The molecule has 0 bridgehead atoms. The van der Waals surface area contributed by atoms with E-state index in [9.17, 15) is 5.26 Å². The van der Waals surface area contributed by atoms with Gasteiger partial charge in [-0.05, 0) is 37.8 Å². The molecule has 1 unspecified atom stereocenters. The first kappa shape index (κ1) is 11.2. The second-order valence-corrected chi connectivity index (χ2v) is 4.93. The first-order valence-corrected chi connectivity index (χ1v) is 5.92. The third kappa shape index (κ3) is 3.08. The maximum atomic E-state index is 9.27. The van der Waals surface area contributed by atoms with Crippen molar-refractivity contribution in [3.05, 3.63) is 35.9 Å². The second-order valence-electron chi connectivity index (χ2n) is 4.93. The van der Waals surface area contributed by atoms with Gasteiger partial charge in [-0.15, -0.1) is 0 Å². The lowest BCUT2D eigenvalue weighted by atomic mass is 9.94. The predicted molar refractivity (Wildman–Crippen MR) is 64.9 cm³/mol. The van der Waals surface area contributed by atoms with Crippen LogP contribution >= 0.6 is 0 Å². The van der Waals surface area contributed by atoms with Gasteiger partial charge in [0.25, 0.3) is 0 Å². The van der Waals surface area contributed by atoms with E-state index >= 15 is 0 Å². The van der Waals surface area contributed by atoms with E-state index in [0.29, 0.717) is 0 Å². The summed E-state index contributed by atoms with van der Waals surface area (Å²) in [5.41, 5.74) is 0.791. The molecular formula is C14H18N2. The Morgan fingerprint density at radius 1 is 1.38 bits per heavy atom. The molecule has 2 rings (SSSR count). The van der Waals surface area contributed by atoms with Gasteiger partial charge < -0.3 is 0 Å². The number of rotatable bonds is 5. The summed E-state index contributed by atoms with van der Waals surface area (Å²) in [5.74, 6) is 0.809. The van der Waals surface area contributed by atoms with Crippen molar-refractivity contribution < 1.29 is 0 Å². The minimum Gasteiger partial charge on any atom is -0.299 e. The van der Waals surface area contributed by atoms with Crippen LogP contribution in [-0.4, -0.2) is 12.1 Å². The highest BCUT2D eigenvalue weighted by molar-refractivity contribution is 5.21. The van der Waals surface area contributed by atoms with Gasteiger partial charge in [0, 0.05) is 6.42 Å². The zero-order chi connectivity index (χ0) is 11.4. The lowest BCUT2D eigenvalue weighted by molar-refractivity contribution is 0.434. The molecule has 2 nitrogen and oxygen atoms in total.